The molecule has 0 radical (unpaired) electrons. The molecule has 130 valence electrons. The fourth-order valence-corrected chi connectivity index (χ4v) is 4.41. The first-order chi connectivity index (χ1) is 11.4. The normalized spacial score (nSPS) is 17.2. The molecule has 1 fully saturated rings. The standard InChI is InChI=1S/C17H21NO5S/c1-3-22-14-6-4-5-13-11-15(17(19)23-16(13)14)24(20,21)18-9-7-12(2)8-10-18/h4-6,11-12H,3,7-10H2,1-2H3. The van der Waals surface area contributed by atoms with Gasteiger partial charge in [0.2, 0.25) is 10.0 Å². The second-order valence-electron chi connectivity index (χ2n) is 6.09. The van der Waals surface area contributed by atoms with Gasteiger partial charge in [0.25, 0.3) is 0 Å². The molecule has 0 amide bonds. The van der Waals surface area contributed by atoms with Crippen molar-refractivity contribution in [3.8, 4) is 5.75 Å². The molecule has 3 rings (SSSR count). The average Bonchev–Trinajstić information content (AvgIpc) is 2.55. The fraction of sp³-hybridized carbons (Fsp3) is 0.471. The fourth-order valence-electron chi connectivity index (χ4n) is 2.91. The number of benzene rings is 1. The molecule has 0 aliphatic carbocycles. The third-order valence-electron chi connectivity index (χ3n) is 4.35. The summed E-state index contributed by atoms with van der Waals surface area (Å²) in [6, 6.07) is 6.52. The van der Waals surface area contributed by atoms with Crippen LogP contribution in [0.25, 0.3) is 11.0 Å². The van der Waals surface area contributed by atoms with Gasteiger partial charge in [-0.05, 0) is 37.8 Å². The first-order valence-corrected chi connectivity index (χ1v) is 9.57. The van der Waals surface area contributed by atoms with Crippen LogP contribution in [0.2, 0.25) is 0 Å². The Morgan fingerprint density at radius 2 is 2.00 bits per heavy atom. The molecule has 2 aromatic rings. The molecule has 1 aromatic carbocycles. The minimum Gasteiger partial charge on any atom is -0.490 e. The lowest BCUT2D eigenvalue weighted by Gasteiger charge is -2.29. The van der Waals surface area contributed by atoms with E-state index in [1.54, 1.807) is 18.2 Å². The van der Waals surface area contributed by atoms with Gasteiger partial charge in [0.15, 0.2) is 16.2 Å². The van der Waals surface area contributed by atoms with E-state index in [0.717, 1.165) is 12.8 Å². The highest BCUT2D eigenvalue weighted by Crippen LogP contribution is 2.28. The minimum absolute atomic E-state index is 0.274. The van der Waals surface area contributed by atoms with Crippen LogP contribution in [0.5, 0.6) is 5.75 Å². The Labute approximate surface area is 141 Å². The summed E-state index contributed by atoms with van der Waals surface area (Å²) in [4.78, 5) is 12.0. The van der Waals surface area contributed by atoms with E-state index in [4.69, 9.17) is 9.15 Å². The molecule has 6 nitrogen and oxygen atoms in total. The van der Waals surface area contributed by atoms with Crippen LogP contribution >= 0.6 is 0 Å². The lowest BCUT2D eigenvalue weighted by Crippen LogP contribution is -2.39. The molecule has 0 unspecified atom stereocenters. The Morgan fingerprint density at radius 1 is 1.29 bits per heavy atom. The van der Waals surface area contributed by atoms with Gasteiger partial charge in [-0.25, -0.2) is 13.2 Å². The van der Waals surface area contributed by atoms with Gasteiger partial charge >= 0.3 is 5.63 Å². The van der Waals surface area contributed by atoms with Crippen LogP contribution in [0.4, 0.5) is 0 Å². The molecule has 1 aromatic heterocycles. The van der Waals surface area contributed by atoms with Gasteiger partial charge in [-0.2, -0.15) is 4.31 Å². The number of para-hydroxylation sites is 1. The van der Waals surface area contributed by atoms with Crippen LogP contribution in [0.1, 0.15) is 26.7 Å². The van der Waals surface area contributed by atoms with E-state index in [1.807, 2.05) is 6.92 Å². The molecule has 0 N–H and O–H groups in total. The van der Waals surface area contributed by atoms with E-state index in [0.29, 0.717) is 36.8 Å². The number of hydrogen-bond donors (Lipinski definition) is 0. The molecular formula is C17H21NO5S. The lowest BCUT2D eigenvalue weighted by atomic mass is 10.0. The Balaban J connectivity index is 2.07. The van der Waals surface area contributed by atoms with Crippen molar-refractivity contribution in [1.82, 2.24) is 4.31 Å². The second-order valence-corrected chi connectivity index (χ2v) is 8.00. The van der Waals surface area contributed by atoms with E-state index < -0.39 is 15.6 Å². The zero-order valence-corrected chi connectivity index (χ0v) is 14.6. The Kier molecular flexibility index (Phi) is 4.64. The predicted molar refractivity (Wildman–Crippen MR) is 90.8 cm³/mol. The van der Waals surface area contributed by atoms with Crippen molar-refractivity contribution in [1.29, 1.82) is 0 Å². The average molecular weight is 351 g/mol. The highest BCUT2D eigenvalue weighted by molar-refractivity contribution is 7.89. The number of hydrogen-bond acceptors (Lipinski definition) is 5. The quantitative estimate of drug-likeness (QED) is 0.792. The summed E-state index contributed by atoms with van der Waals surface area (Å²) in [6.45, 7) is 5.21. The van der Waals surface area contributed by atoms with Crippen LogP contribution in [0.15, 0.2) is 38.4 Å². The maximum atomic E-state index is 12.8. The Morgan fingerprint density at radius 3 is 2.67 bits per heavy atom. The molecule has 2 heterocycles. The Bertz CT molecular complexity index is 895. The second kappa shape index (κ2) is 6.57. The van der Waals surface area contributed by atoms with Crippen LogP contribution in [0, 0.1) is 5.92 Å². The summed E-state index contributed by atoms with van der Waals surface area (Å²) in [5, 5.41) is 0.532. The molecule has 7 heteroatoms. The van der Waals surface area contributed by atoms with Gasteiger partial charge < -0.3 is 9.15 Å². The monoisotopic (exact) mass is 351 g/mol. The van der Waals surface area contributed by atoms with Gasteiger partial charge in [0, 0.05) is 18.5 Å². The van der Waals surface area contributed by atoms with E-state index >= 15 is 0 Å². The third kappa shape index (κ3) is 3.06. The number of fused-ring (bicyclic) bond motifs is 1. The summed E-state index contributed by atoms with van der Waals surface area (Å²) < 4.78 is 37.7. The maximum absolute atomic E-state index is 12.8. The predicted octanol–water partition coefficient (Wildman–Crippen LogP) is 2.61. The minimum atomic E-state index is -3.85. The molecule has 24 heavy (non-hydrogen) atoms. The SMILES string of the molecule is CCOc1cccc2cc(S(=O)(=O)N3CCC(C)CC3)c(=O)oc12. The van der Waals surface area contributed by atoms with Crippen molar-refractivity contribution in [2.24, 2.45) is 5.92 Å². The van der Waals surface area contributed by atoms with Crippen LogP contribution in [-0.2, 0) is 10.0 Å². The van der Waals surface area contributed by atoms with E-state index in [9.17, 15) is 13.2 Å². The van der Waals surface area contributed by atoms with E-state index in [1.165, 1.54) is 10.4 Å². The van der Waals surface area contributed by atoms with Crippen molar-refractivity contribution in [2.45, 2.75) is 31.6 Å². The van der Waals surface area contributed by atoms with Crippen molar-refractivity contribution in [3.63, 3.8) is 0 Å². The molecule has 0 bridgehead atoms. The van der Waals surface area contributed by atoms with Crippen molar-refractivity contribution in [2.75, 3.05) is 19.7 Å². The molecule has 0 saturated carbocycles. The first kappa shape index (κ1) is 17.0. The van der Waals surface area contributed by atoms with Crippen molar-refractivity contribution < 1.29 is 17.6 Å². The lowest BCUT2D eigenvalue weighted by molar-refractivity contribution is 0.287. The summed E-state index contributed by atoms with van der Waals surface area (Å²) in [6.07, 6.45) is 1.60. The van der Waals surface area contributed by atoms with E-state index in [2.05, 4.69) is 6.92 Å². The maximum Gasteiger partial charge on any atom is 0.356 e. The summed E-state index contributed by atoms with van der Waals surface area (Å²) >= 11 is 0. The van der Waals surface area contributed by atoms with Crippen molar-refractivity contribution in [3.05, 3.63) is 34.7 Å². The molecule has 1 aliphatic heterocycles. The van der Waals surface area contributed by atoms with Gasteiger partial charge in [0.05, 0.1) is 6.61 Å². The van der Waals surface area contributed by atoms with Gasteiger partial charge in [0.1, 0.15) is 0 Å². The van der Waals surface area contributed by atoms with Crippen LogP contribution in [-0.4, -0.2) is 32.4 Å². The number of rotatable bonds is 4. The first-order valence-electron chi connectivity index (χ1n) is 8.13. The van der Waals surface area contributed by atoms with Gasteiger partial charge in [-0.1, -0.05) is 19.1 Å². The number of nitrogens with zero attached hydrogens (tertiary/aromatic N) is 1. The third-order valence-corrected chi connectivity index (χ3v) is 6.24. The topological polar surface area (TPSA) is 76.8 Å². The Hall–Kier alpha value is -1.86. The molecule has 1 saturated heterocycles. The van der Waals surface area contributed by atoms with Gasteiger partial charge in [-0.15, -0.1) is 0 Å². The zero-order chi connectivity index (χ0) is 17.3. The molecule has 0 atom stereocenters. The smallest absolute Gasteiger partial charge is 0.356 e. The van der Waals surface area contributed by atoms with Crippen LogP contribution < -0.4 is 10.4 Å². The van der Waals surface area contributed by atoms with Gasteiger partial charge in [-0.3, -0.25) is 0 Å². The summed E-state index contributed by atoms with van der Waals surface area (Å²) in [7, 11) is -3.85. The highest BCUT2D eigenvalue weighted by atomic mass is 32.2. The molecule has 0 spiro atoms. The number of piperidine rings is 1. The largest absolute Gasteiger partial charge is 0.490 e. The highest BCUT2D eigenvalue weighted by Gasteiger charge is 2.31. The van der Waals surface area contributed by atoms with E-state index in [-0.39, 0.29) is 10.5 Å². The number of ether oxygens (including phenoxy) is 1. The molecule has 1 aliphatic rings. The molecular weight excluding hydrogens is 330 g/mol. The van der Waals surface area contributed by atoms with Crippen LogP contribution in [0.3, 0.4) is 0 Å². The summed E-state index contributed by atoms with van der Waals surface area (Å²) in [5.74, 6) is 0.932. The van der Waals surface area contributed by atoms with Crippen molar-refractivity contribution >= 4 is 21.0 Å². The number of sulfonamides is 1. The zero-order valence-electron chi connectivity index (χ0n) is 13.8. The summed E-state index contributed by atoms with van der Waals surface area (Å²) in [5.41, 5.74) is -0.580.